The maximum absolute atomic E-state index is 12.7. The lowest BCUT2D eigenvalue weighted by atomic mass is 9.71. The third kappa shape index (κ3) is 2.74. The average Bonchev–Trinajstić information content (AvgIpc) is 2.45. The van der Waals surface area contributed by atoms with Gasteiger partial charge in [-0.2, -0.15) is 4.90 Å². The highest BCUT2D eigenvalue weighted by Crippen LogP contribution is 2.39. The van der Waals surface area contributed by atoms with E-state index in [9.17, 15) is 14.4 Å². The van der Waals surface area contributed by atoms with Crippen molar-refractivity contribution in [3.63, 3.8) is 0 Å². The number of carbonyl (C=O) groups is 3. The number of ether oxygens (including phenoxy) is 1. The molecule has 0 saturated carbocycles. The Labute approximate surface area is 124 Å². The summed E-state index contributed by atoms with van der Waals surface area (Å²) in [7, 11) is 0. The summed E-state index contributed by atoms with van der Waals surface area (Å²) in [5, 5.41) is 6.17. The second-order valence-corrected chi connectivity index (χ2v) is 7.10. The van der Waals surface area contributed by atoms with E-state index in [-0.39, 0.29) is 17.7 Å². The molecule has 2 saturated heterocycles. The number of imide groups is 3. The second kappa shape index (κ2) is 4.69. The molecule has 2 aliphatic heterocycles. The minimum Gasteiger partial charge on any atom is -0.449 e. The van der Waals surface area contributed by atoms with E-state index in [1.165, 1.54) is 0 Å². The summed E-state index contributed by atoms with van der Waals surface area (Å²) < 4.78 is 4.79. The van der Waals surface area contributed by atoms with Crippen LogP contribution in [0, 0.1) is 0 Å². The van der Waals surface area contributed by atoms with Crippen LogP contribution < -0.4 is 10.6 Å². The van der Waals surface area contributed by atoms with Crippen LogP contribution in [0.3, 0.4) is 0 Å². The van der Waals surface area contributed by atoms with Crippen LogP contribution in [0.4, 0.5) is 9.59 Å². The largest absolute Gasteiger partial charge is 0.449 e. The summed E-state index contributed by atoms with van der Waals surface area (Å²) >= 11 is 0. The molecule has 118 valence electrons. The highest BCUT2D eigenvalue weighted by atomic mass is 16.6. The van der Waals surface area contributed by atoms with Crippen LogP contribution in [-0.2, 0) is 9.53 Å². The number of urea groups is 1. The molecule has 2 fully saturated rings. The van der Waals surface area contributed by atoms with E-state index >= 15 is 0 Å². The monoisotopic (exact) mass is 297 g/mol. The van der Waals surface area contributed by atoms with E-state index in [2.05, 4.69) is 10.6 Å². The lowest BCUT2D eigenvalue weighted by molar-refractivity contribution is -0.133. The number of nitrogens with one attached hydrogen (secondary N) is 2. The Morgan fingerprint density at radius 2 is 1.71 bits per heavy atom. The molecule has 0 unspecified atom stereocenters. The summed E-state index contributed by atoms with van der Waals surface area (Å²) in [6.45, 7) is 9.64. The lowest BCUT2D eigenvalue weighted by Gasteiger charge is -2.50. The average molecular weight is 297 g/mol. The predicted octanol–water partition coefficient (Wildman–Crippen LogP) is 1.37. The number of nitrogens with zero attached hydrogens (tertiary/aromatic N) is 1. The first-order valence-electron chi connectivity index (χ1n) is 7.15. The van der Waals surface area contributed by atoms with Crippen LogP contribution in [-0.4, -0.2) is 46.2 Å². The van der Waals surface area contributed by atoms with Crippen LogP contribution in [0.15, 0.2) is 0 Å². The number of hydrogen-bond donors (Lipinski definition) is 2. The minimum absolute atomic E-state index is 0.113. The molecule has 0 aromatic rings. The van der Waals surface area contributed by atoms with Gasteiger partial charge in [0.05, 0.1) is 6.61 Å². The van der Waals surface area contributed by atoms with Crippen LogP contribution in [0.25, 0.3) is 0 Å². The van der Waals surface area contributed by atoms with E-state index < -0.39 is 23.6 Å². The molecule has 0 aromatic heterocycles. The van der Waals surface area contributed by atoms with Crippen LogP contribution in [0.1, 0.15) is 47.5 Å². The number of hydrogen-bond acceptors (Lipinski definition) is 5. The highest BCUT2D eigenvalue weighted by Gasteiger charge is 2.60. The van der Waals surface area contributed by atoms with Crippen molar-refractivity contribution in [1.82, 2.24) is 15.5 Å². The Kier molecular flexibility index (Phi) is 3.52. The zero-order valence-corrected chi connectivity index (χ0v) is 13.2. The molecule has 0 atom stereocenters. The Hall–Kier alpha value is -1.63. The van der Waals surface area contributed by atoms with Gasteiger partial charge < -0.3 is 15.4 Å². The second-order valence-electron chi connectivity index (χ2n) is 7.10. The summed E-state index contributed by atoms with van der Waals surface area (Å²) in [5.74, 6) is -0.520. The third-order valence-corrected chi connectivity index (χ3v) is 3.78. The van der Waals surface area contributed by atoms with Gasteiger partial charge in [-0.25, -0.2) is 9.59 Å². The zero-order chi connectivity index (χ0) is 16.1. The molecule has 2 aliphatic rings. The minimum atomic E-state index is -1.05. The van der Waals surface area contributed by atoms with E-state index in [4.69, 9.17) is 4.74 Å². The standard InChI is InChI=1S/C14H23N3O4/c1-6-21-11(20)17-9(18)14(15-10(17)19)7-12(2,3)16-13(4,5)8-14/h16H,6-8H2,1-5H3,(H,15,19). The molecule has 0 aromatic carbocycles. The van der Waals surface area contributed by atoms with Crippen molar-refractivity contribution >= 4 is 18.0 Å². The van der Waals surface area contributed by atoms with Crippen LogP contribution in [0.5, 0.6) is 0 Å². The topological polar surface area (TPSA) is 87.7 Å². The van der Waals surface area contributed by atoms with Gasteiger partial charge in [0.15, 0.2) is 0 Å². The fourth-order valence-corrected chi connectivity index (χ4v) is 3.79. The van der Waals surface area contributed by atoms with Crippen molar-refractivity contribution < 1.29 is 19.1 Å². The summed E-state index contributed by atoms with van der Waals surface area (Å²) in [6.07, 6.45) is -0.0700. The molecule has 1 spiro atoms. The summed E-state index contributed by atoms with van der Waals surface area (Å²) in [4.78, 5) is 37.2. The summed E-state index contributed by atoms with van der Waals surface area (Å²) in [6, 6.07) is -0.702. The highest BCUT2D eigenvalue weighted by molar-refractivity contribution is 6.17. The molecule has 2 heterocycles. The first-order chi connectivity index (χ1) is 9.52. The third-order valence-electron chi connectivity index (χ3n) is 3.78. The van der Waals surface area contributed by atoms with E-state index in [0.717, 1.165) is 0 Å². The maximum atomic E-state index is 12.7. The van der Waals surface area contributed by atoms with Gasteiger partial charge in [0.2, 0.25) is 0 Å². The van der Waals surface area contributed by atoms with Gasteiger partial charge in [-0.3, -0.25) is 4.79 Å². The van der Waals surface area contributed by atoms with Crippen molar-refractivity contribution in [2.75, 3.05) is 6.61 Å². The normalized spacial score (nSPS) is 25.9. The smallest absolute Gasteiger partial charge is 0.425 e. The fraction of sp³-hybridized carbons (Fsp3) is 0.786. The SMILES string of the molecule is CCOC(=O)N1C(=O)NC2(CC(C)(C)NC(C)(C)C2)C1=O. The molecule has 2 rings (SSSR count). The molecule has 2 N–H and O–H groups in total. The van der Waals surface area contributed by atoms with Crippen molar-refractivity contribution in [3.8, 4) is 0 Å². The first-order valence-corrected chi connectivity index (χ1v) is 7.15. The van der Waals surface area contributed by atoms with Gasteiger partial charge in [-0.15, -0.1) is 0 Å². The molecule has 21 heavy (non-hydrogen) atoms. The molecular formula is C14H23N3O4. The van der Waals surface area contributed by atoms with Gasteiger partial charge >= 0.3 is 12.1 Å². The van der Waals surface area contributed by atoms with Crippen LogP contribution in [0.2, 0.25) is 0 Å². The lowest BCUT2D eigenvalue weighted by Crippen LogP contribution is -2.68. The van der Waals surface area contributed by atoms with E-state index in [1.807, 2.05) is 27.7 Å². The molecule has 7 nitrogen and oxygen atoms in total. The Balaban J connectivity index is 2.34. The summed E-state index contributed by atoms with van der Waals surface area (Å²) in [5.41, 5.74) is -1.73. The molecule has 0 radical (unpaired) electrons. The van der Waals surface area contributed by atoms with Gasteiger partial charge in [0.25, 0.3) is 5.91 Å². The zero-order valence-electron chi connectivity index (χ0n) is 13.2. The van der Waals surface area contributed by atoms with Crippen molar-refractivity contribution in [2.24, 2.45) is 0 Å². The van der Waals surface area contributed by atoms with Crippen molar-refractivity contribution in [2.45, 2.75) is 64.1 Å². The Morgan fingerprint density at radius 1 is 1.19 bits per heavy atom. The molecule has 7 heteroatoms. The number of piperidine rings is 1. The molecule has 0 bridgehead atoms. The Bertz CT molecular complexity index is 482. The maximum Gasteiger partial charge on any atom is 0.425 e. The predicted molar refractivity (Wildman–Crippen MR) is 75.7 cm³/mol. The first kappa shape index (κ1) is 15.8. The molecule has 4 amide bonds. The van der Waals surface area contributed by atoms with Gasteiger partial charge in [0.1, 0.15) is 5.54 Å². The fourth-order valence-electron chi connectivity index (χ4n) is 3.79. The number of rotatable bonds is 1. The Morgan fingerprint density at radius 3 is 2.19 bits per heavy atom. The number of carbonyl (C=O) groups excluding carboxylic acids is 3. The van der Waals surface area contributed by atoms with E-state index in [0.29, 0.717) is 17.7 Å². The molecular weight excluding hydrogens is 274 g/mol. The van der Waals surface area contributed by atoms with Crippen LogP contribution >= 0.6 is 0 Å². The quantitative estimate of drug-likeness (QED) is 0.714. The molecule has 0 aliphatic carbocycles. The van der Waals surface area contributed by atoms with Crippen molar-refractivity contribution in [1.29, 1.82) is 0 Å². The van der Waals surface area contributed by atoms with Gasteiger partial charge in [-0.1, -0.05) is 0 Å². The van der Waals surface area contributed by atoms with Gasteiger partial charge in [-0.05, 0) is 47.5 Å². The number of amides is 4. The van der Waals surface area contributed by atoms with E-state index in [1.54, 1.807) is 6.92 Å². The van der Waals surface area contributed by atoms with Crippen molar-refractivity contribution in [3.05, 3.63) is 0 Å². The van der Waals surface area contributed by atoms with Gasteiger partial charge in [0, 0.05) is 11.1 Å².